The standard InChI is InChI=1S/C23H24N8O/c1-15-3-4-18(12-25-15)28-23(32)31-10-9-30(13-16(31)2)22-19-11-20(17-5-7-24-8-6-17)29-21(19)26-14-27-22/h3-8,11-12,14,16H,9-10,13H2,1-2H3,(H,28,32)(H,26,27,29)/t16-/m0/s1. The van der Waals surface area contributed by atoms with Gasteiger partial charge in [0.05, 0.1) is 17.3 Å². The molecular weight excluding hydrogens is 404 g/mol. The van der Waals surface area contributed by atoms with E-state index < -0.39 is 0 Å². The number of H-pyrrole nitrogens is 1. The lowest BCUT2D eigenvalue weighted by molar-refractivity contribution is 0.184. The lowest BCUT2D eigenvalue weighted by atomic mass is 10.1. The summed E-state index contributed by atoms with van der Waals surface area (Å²) in [5.41, 5.74) is 4.43. The molecule has 2 amide bonds. The number of aromatic nitrogens is 5. The van der Waals surface area contributed by atoms with Crippen LogP contribution in [0.5, 0.6) is 0 Å². The molecule has 1 atom stereocenters. The number of hydrogen-bond acceptors (Lipinski definition) is 6. The Hall–Kier alpha value is -4.01. The van der Waals surface area contributed by atoms with E-state index in [1.54, 1.807) is 24.9 Å². The zero-order valence-corrected chi connectivity index (χ0v) is 18.0. The van der Waals surface area contributed by atoms with Gasteiger partial charge in [-0.1, -0.05) is 0 Å². The van der Waals surface area contributed by atoms with Crippen molar-refractivity contribution in [3.63, 3.8) is 0 Å². The van der Waals surface area contributed by atoms with Crippen molar-refractivity contribution in [2.24, 2.45) is 0 Å². The number of fused-ring (bicyclic) bond motifs is 1. The molecule has 9 heteroatoms. The van der Waals surface area contributed by atoms with Crippen LogP contribution < -0.4 is 10.2 Å². The van der Waals surface area contributed by atoms with Crippen LogP contribution in [-0.4, -0.2) is 61.5 Å². The molecule has 0 unspecified atom stereocenters. The first-order valence-corrected chi connectivity index (χ1v) is 10.6. The molecule has 9 nitrogen and oxygen atoms in total. The first-order valence-electron chi connectivity index (χ1n) is 10.6. The highest BCUT2D eigenvalue weighted by Crippen LogP contribution is 2.29. The summed E-state index contributed by atoms with van der Waals surface area (Å²) in [6, 6.07) is 9.65. The number of amides is 2. The van der Waals surface area contributed by atoms with Gasteiger partial charge in [0, 0.05) is 55.0 Å². The zero-order valence-electron chi connectivity index (χ0n) is 18.0. The number of aromatic amines is 1. The lowest BCUT2D eigenvalue weighted by Gasteiger charge is -2.40. The molecule has 162 valence electrons. The van der Waals surface area contributed by atoms with E-state index >= 15 is 0 Å². The summed E-state index contributed by atoms with van der Waals surface area (Å²) in [7, 11) is 0. The smallest absolute Gasteiger partial charge is 0.322 e. The number of pyridine rings is 2. The van der Waals surface area contributed by atoms with Gasteiger partial charge < -0.3 is 20.1 Å². The van der Waals surface area contributed by atoms with E-state index in [-0.39, 0.29) is 12.1 Å². The molecule has 5 heterocycles. The van der Waals surface area contributed by atoms with Gasteiger partial charge in [0.2, 0.25) is 0 Å². The summed E-state index contributed by atoms with van der Waals surface area (Å²) in [5, 5.41) is 3.91. The molecule has 32 heavy (non-hydrogen) atoms. The molecule has 0 saturated carbocycles. The number of carbonyl (C=O) groups excluding carboxylic acids is 1. The number of carbonyl (C=O) groups is 1. The van der Waals surface area contributed by atoms with Crippen LogP contribution in [-0.2, 0) is 0 Å². The number of aryl methyl sites for hydroxylation is 1. The lowest BCUT2D eigenvalue weighted by Crippen LogP contribution is -2.55. The topological polar surface area (TPSA) is 103 Å². The van der Waals surface area contributed by atoms with E-state index in [1.165, 1.54) is 0 Å². The minimum absolute atomic E-state index is 0.0192. The quantitative estimate of drug-likeness (QED) is 0.518. The first kappa shape index (κ1) is 19.9. The van der Waals surface area contributed by atoms with Gasteiger partial charge in [-0.05, 0) is 44.2 Å². The third-order valence-electron chi connectivity index (χ3n) is 5.75. The normalized spacial score (nSPS) is 16.4. The maximum atomic E-state index is 12.8. The van der Waals surface area contributed by atoms with E-state index in [2.05, 4.69) is 48.1 Å². The Morgan fingerprint density at radius 2 is 1.97 bits per heavy atom. The summed E-state index contributed by atoms with van der Waals surface area (Å²) in [4.78, 5) is 37.6. The number of hydrogen-bond donors (Lipinski definition) is 2. The van der Waals surface area contributed by atoms with Gasteiger partial charge in [-0.3, -0.25) is 9.97 Å². The molecular formula is C23H24N8O. The Morgan fingerprint density at radius 3 is 2.72 bits per heavy atom. The SMILES string of the molecule is Cc1ccc(NC(=O)N2CCN(c3ncnc4[nH]c(-c5ccncc5)cc34)C[C@@H]2C)cn1. The number of nitrogens with one attached hydrogen (secondary N) is 2. The predicted molar refractivity (Wildman–Crippen MR) is 123 cm³/mol. The largest absolute Gasteiger partial charge is 0.352 e. The van der Waals surface area contributed by atoms with Gasteiger partial charge in [-0.15, -0.1) is 0 Å². The fourth-order valence-electron chi connectivity index (χ4n) is 4.05. The van der Waals surface area contributed by atoms with Crippen LogP contribution in [0.15, 0.2) is 55.2 Å². The fraction of sp³-hybridized carbons (Fsp3) is 0.261. The predicted octanol–water partition coefficient (Wildman–Crippen LogP) is 3.47. The van der Waals surface area contributed by atoms with Crippen molar-refractivity contribution >= 4 is 28.6 Å². The van der Waals surface area contributed by atoms with Crippen molar-refractivity contribution in [2.75, 3.05) is 29.9 Å². The Morgan fingerprint density at radius 1 is 1.12 bits per heavy atom. The summed E-state index contributed by atoms with van der Waals surface area (Å²) >= 11 is 0. The van der Waals surface area contributed by atoms with Gasteiger partial charge >= 0.3 is 6.03 Å². The van der Waals surface area contributed by atoms with Crippen LogP contribution in [0.3, 0.4) is 0 Å². The van der Waals surface area contributed by atoms with Gasteiger partial charge in [0.15, 0.2) is 0 Å². The molecule has 0 aliphatic carbocycles. The van der Waals surface area contributed by atoms with Crippen molar-refractivity contribution in [2.45, 2.75) is 19.9 Å². The highest BCUT2D eigenvalue weighted by atomic mass is 16.2. The number of anilines is 2. The Kier molecular flexibility index (Phi) is 5.14. The van der Waals surface area contributed by atoms with Crippen LogP contribution in [0, 0.1) is 6.92 Å². The second-order valence-electron chi connectivity index (χ2n) is 7.99. The molecule has 1 aliphatic heterocycles. The average molecular weight is 429 g/mol. The summed E-state index contributed by atoms with van der Waals surface area (Å²) in [5.74, 6) is 0.876. The Bertz CT molecular complexity index is 1240. The van der Waals surface area contributed by atoms with E-state index in [0.717, 1.165) is 33.8 Å². The third-order valence-corrected chi connectivity index (χ3v) is 5.75. The minimum Gasteiger partial charge on any atom is -0.352 e. The molecule has 5 rings (SSSR count). The van der Waals surface area contributed by atoms with Crippen molar-refractivity contribution in [1.82, 2.24) is 29.8 Å². The zero-order chi connectivity index (χ0) is 22.1. The van der Waals surface area contributed by atoms with E-state index in [4.69, 9.17) is 0 Å². The molecule has 0 spiro atoms. The first-order chi connectivity index (χ1) is 15.6. The Balaban J connectivity index is 1.33. The second-order valence-corrected chi connectivity index (χ2v) is 7.99. The molecule has 4 aromatic heterocycles. The second kappa shape index (κ2) is 8.26. The molecule has 0 bridgehead atoms. The highest BCUT2D eigenvalue weighted by molar-refractivity contribution is 5.92. The van der Waals surface area contributed by atoms with Crippen molar-refractivity contribution < 1.29 is 4.79 Å². The number of rotatable bonds is 3. The number of urea groups is 1. The monoisotopic (exact) mass is 428 g/mol. The van der Waals surface area contributed by atoms with Crippen molar-refractivity contribution in [3.05, 3.63) is 60.9 Å². The van der Waals surface area contributed by atoms with Crippen LogP contribution in [0.4, 0.5) is 16.3 Å². The van der Waals surface area contributed by atoms with Crippen LogP contribution in [0.25, 0.3) is 22.3 Å². The third kappa shape index (κ3) is 3.84. The van der Waals surface area contributed by atoms with Crippen molar-refractivity contribution in [1.29, 1.82) is 0 Å². The summed E-state index contributed by atoms with van der Waals surface area (Å²) in [6.07, 6.45) is 6.80. The van der Waals surface area contributed by atoms with Crippen LogP contribution in [0.1, 0.15) is 12.6 Å². The number of piperazine rings is 1. The van der Waals surface area contributed by atoms with E-state index in [0.29, 0.717) is 25.3 Å². The van der Waals surface area contributed by atoms with E-state index in [1.807, 2.05) is 36.1 Å². The highest BCUT2D eigenvalue weighted by Gasteiger charge is 2.29. The van der Waals surface area contributed by atoms with Gasteiger partial charge in [0.25, 0.3) is 0 Å². The van der Waals surface area contributed by atoms with Gasteiger partial charge in [0.1, 0.15) is 17.8 Å². The summed E-state index contributed by atoms with van der Waals surface area (Å²) in [6.45, 7) is 5.94. The molecule has 4 aromatic rings. The molecule has 1 fully saturated rings. The van der Waals surface area contributed by atoms with Crippen LogP contribution >= 0.6 is 0 Å². The average Bonchev–Trinajstić information content (AvgIpc) is 3.25. The van der Waals surface area contributed by atoms with Gasteiger partial charge in [-0.2, -0.15) is 0 Å². The van der Waals surface area contributed by atoms with Crippen molar-refractivity contribution in [3.8, 4) is 11.3 Å². The minimum atomic E-state index is -0.114. The molecule has 0 aromatic carbocycles. The maximum Gasteiger partial charge on any atom is 0.322 e. The van der Waals surface area contributed by atoms with Gasteiger partial charge in [-0.25, -0.2) is 14.8 Å². The van der Waals surface area contributed by atoms with Crippen LogP contribution in [0.2, 0.25) is 0 Å². The summed E-state index contributed by atoms with van der Waals surface area (Å²) < 4.78 is 0. The molecule has 1 saturated heterocycles. The number of nitrogens with zero attached hydrogens (tertiary/aromatic N) is 6. The maximum absolute atomic E-state index is 12.8. The molecule has 0 radical (unpaired) electrons. The molecule has 2 N–H and O–H groups in total. The molecule has 1 aliphatic rings. The Labute approximate surface area is 185 Å². The fourth-order valence-corrected chi connectivity index (χ4v) is 4.05. The van der Waals surface area contributed by atoms with E-state index in [9.17, 15) is 4.79 Å².